The van der Waals surface area contributed by atoms with Crippen molar-refractivity contribution in [1.82, 2.24) is 4.57 Å². The number of hydrogen-bond donors (Lipinski definition) is 0. The fraction of sp³-hybridized carbons (Fsp3) is 0.0952. The molecule has 3 aromatic carbocycles. The van der Waals surface area contributed by atoms with Crippen molar-refractivity contribution in [3.8, 4) is 5.75 Å². The number of esters is 1. The summed E-state index contributed by atoms with van der Waals surface area (Å²) in [4.78, 5) is 11.3. The Hall–Kier alpha value is -3.07. The highest BCUT2D eigenvalue weighted by Crippen LogP contribution is 2.32. The van der Waals surface area contributed by atoms with Crippen molar-refractivity contribution < 1.29 is 9.53 Å². The fourth-order valence-corrected chi connectivity index (χ4v) is 3.19. The number of carbonyl (C=O) groups excluding carboxylic acids is 1. The van der Waals surface area contributed by atoms with Gasteiger partial charge in [-0.3, -0.25) is 4.79 Å². The zero-order valence-corrected chi connectivity index (χ0v) is 13.4. The third-order valence-electron chi connectivity index (χ3n) is 4.19. The molecule has 0 N–H and O–H groups in total. The van der Waals surface area contributed by atoms with Gasteiger partial charge in [-0.1, -0.05) is 48.5 Å². The summed E-state index contributed by atoms with van der Waals surface area (Å²) in [5.41, 5.74) is 3.48. The normalized spacial score (nSPS) is 11.0. The molecule has 0 bridgehead atoms. The van der Waals surface area contributed by atoms with Crippen LogP contribution in [0.2, 0.25) is 0 Å². The summed E-state index contributed by atoms with van der Waals surface area (Å²) >= 11 is 0. The summed E-state index contributed by atoms with van der Waals surface area (Å²) in [5, 5.41) is 2.37. The Bertz CT molecular complexity index is 1030. The molecule has 0 aliphatic heterocycles. The summed E-state index contributed by atoms with van der Waals surface area (Å²) < 4.78 is 7.54. The monoisotopic (exact) mass is 315 g/mol. The Morgan fingerprint density at radius 1 is 0.875 bits per heavy atom. The van der Waals surface area contributed by atoms with Crippen LogP contribution in [0.4, 0.5) is 0 Å². The van der Waals surface area contributed by atoms with Crippen molar-refractivity contribution in [3.63, 3.8) is 0 Å². The highest BCUT2D eigenvalue weighted by atomic mass is 16.5. The molecule has 0 radical (unpaired) electrons. The molecule has 0 aliphatic carbocycles. The van der Waals surface area contributed by atoms with E-state index in [1.54, 1.807) is 0 Å². The quantitative estimate of drug-likeness (QED) is 0.403. The zero-order chi connectivity index (χ0) is 16.5. The standard InChI is InChI=1S/C21H17NO2/c1-15(23)24-17-11-12-19-18-9-5-6-10-20(18)22(21(19)13-17)14-16-7-3-2-4-8-16/h2-13H,14H2,1H3. The number of rotatable bonds is 3. The van der Waals surface area contributed by atoms with E-state index in [-0.39, 0.29) is 5.97 Å². The van der Waals surface area contributed by atoms with Crippen molar-refractivity contribution in [1.29, 1.82) is 0 Å². The molecule has 0 saturated heterocycles. The van der Waals surface area contributed by atoms with Crippen LogP contribution in [-0.2, 0) is 11.3 Å². The first-order valence-corrected chi connectivity index (χ1v) is 7.96. The molecule has 0 atom stereocenters. The number of aromatic nitrogens is 1. The van der Waals surface area contributed by atoms with Gasteiger partial charge in [-0.05, 0) is 23.8 Å². The first-order chi connectivity index (χ1) is 11.7. The van der Waals surface area contributed by atoms with Gasteiger partial charge in [-0.15, -0.1) is 0 Å². The number of ether oxygens (including phenoxy) is 1. The SMILES string of the molecule is CC(=O)Oc1ccc2c3ccccc3n(Cc3ccccc3)c2c1. The van der Waals surface area contributed by atoms with Gasteiger partial charge < -0.3 is 9.30 Å². The van der Waals surface area contributed by atoms with Crippen molar-refractivity contribution in [2.75, 3.05) is 0 Å². The minimum absolute atomic E-state index is 0.305. The molecule has 0 spiro atoms. The number of carbonyl (C=O) groups is 1. The Morgan fingerprint density at radius 2 is 1.58 bits per heavy atom. The second-order valence-corrected chi connectivity index (χ2v) is 5.86. The lowest BCUT2D eigenvalue weighted by Crippen LogP contribution is -2.02. The Balaban J connectivity index is 1.94. The van der Waals surface area contributed by atoms with Crippen LogP contribution < -0.4 is 4.74 Å². The highest BCUT2D eigenvalue weighted by Gasteiger charge is 2.12. The first-order valence-electron chi connectivity index (χ1n) is 7.96. The molecule has 4 rings (SSSR count). The first kappa shape index (κ1) is 14.5. The van der Waals surface area contributed by atoms with E-state index in [1.165, 1.54) is 23.4 Å². The molecule has 3 nitrogen and oxygen atoms in total. The predicted molar refractivity (Wildman–Crippen MR) is 96.3 cm³/mol. The smallest absolute Gasteiger partial charge is 0.308 e. The van der Waals surface area contributed by atoms with Gasteiger partial charge in [0.25, 0.3) is 0 Å². The van der Waals surface area contributed by atoms with Crippen molar-refractivity contribution >= 4 is 27.8 Å². The molecule has 4 aromatic rings. The average molecular weight is 315 g/mol. The summed E-state index contributed by atoms with van der Waals surface area (Å²) in [6, 6.07) is 24.5. The van der Waals surface area contributed by atoms with Gasteiger partial charge >= 0.3 is 5.97 Å². The predicted octanol–water partition coefficient (Wildman–Crippen LogP) is 4.77. The van der Waals surface area contributed by atoms with E-state index < -0.39 is 0 Å². The molecule has 1 heterocycles. The molecule has 0 unspecified atom stereocenters. The van der Waals surface area contributed by atoms with Crippen LogP contribution in [0, 0.1) is 0 Å². The molecule has 0 amide bonds. The van der Waals surface area contributed by atoms with Crippen LogP contribution in [0.1, 0.15) is 12.5 Å². The van der Waals surface area contributed by atoms with Crippen LogP contribution in [-0.4, -0.2) is 10.5 Å². The van der Waals surface area contributed by atoms with Crippen LogP contribution in [0.3, 0.4) is 0 Å². The molecule has 118 valence electrons. The molecule has 3 heteroatoms. The summed E-state index contributed by atoms with van der Waals surface area (Å²) in [6.45, 7) is 2.19. The van der Waals surface area contributed by atoms with Gasteiger partial charge in [0.2, 0.25) is 0 Å². The van der Waals surface area contributed by atoms with E-state index in [4.69, 9.17) is 4.74 Å². The molecule has 1 aromatic heterocycles. The third-order valence-corrected chi connectivity index (χ3v) is 4.19. The van der Waals surface area contributed by atoms with Crippen molar-refractivity contribution in [2.24, 2.45) is 0 Å². The fourth-order valence-electron chi connectivity index (χ4n) is 3.19. The van der Waals surface area contributed by atoms with E-state index >= 15 is 0 Å². The Kier molecular flexibility index (Phi) is 3.54. The molecular weight excluding hydrogens is 298 g/mol. The maximum atomic E-state index is 11.3. The summed E-state index contributed by atoms with van der Waals surface area (Å²) in [5.74, 6) is 0.271. The van der Waals surface area contributed by atoms with E-state index in [1.807, 2.05) is 36.4 Å². The van der Waals surface area contributed by atoms with Gasteiger partial charge in [0.15, 0.2) is 0 Å². The van der Waals surface area contributed by atoms with Crippen LogP contribution in [0.5, 0.6) is 5.75 Å². The van der Waals surface area contributed by atoms with E-state index in [9.17, 15) is 4.79 Å². The third kappa shape index (κ3) is 2.54. The molecule has 0 fully saturated rings. The summed E-state index contributed by atoms with van der Waals surface area (Å²) in [7, 11) is 0. The lowest BCUT2D eigenvalue weighted by atomic mass is 10.1. The van der Waals surface area contributed by atoms with Gasteiger partial charge in [0, 0.05) is 35.8 Å². The van der Waals surface area contributed by atoms with E-state index in [2.05, 4.69) is 41.0 Å². The van der Waals surface area contributed by atoms with Gasteiger partial charge in [-0.25, -0.2) is 0 Å². The second-order valence-electron chi connectivity index (χ2n) is 5.86. The van der Waals surface area contributed by atoms with Crippen LogP contribution in [0.25, 0.3) is 21.8 Å². The number of benzene rings is 3. The van der Waals surface area contributed by atoms with E-state index in [0.29, 0.717) is 5.75 Å². The van der Waals surface area contributed by atoms with Gasteiger partial charge in [0.1, 0.15) is 5.75 Å². The number of para-hydroxylation sites is 1. The van der Waals surface area contributed by atoms with Crippen molar-refractivity contribution in [2.45, 2.75) is 13.5 Å². The molecular formula is C21H17NO2. The maximum absolute atomic E-state index is 11.3. The number of hydrogen-bond acceptors (Lipinski definition) is 2. The van der Waals surface area contributed by atoms with E-state index in [0.717, 1.165) is 17.4 Å². The van der Waals surface area contributed by atoms with Gasteiger partial charge in [0.05, 0.1) is 5.52 Å². The lowest BCUT2D eigenvalue weighted by Gasteiger charge is -2.08. The second kappa shape index (κ2) is 5.85. The number of fused-ring (bicyclic) bond motifs is 3. The highest BCUT2D eigenvalue weighted by molar-refractivity contribution is 6.08. The average Bonchev–Trinajstić information content (AvgIpc) is 2.89. The Morgan fingerprint density at radius 3 is 2.38 bits per heavy atom. The number of nitrogens with zero attached hydrogens (tertiary/aromatic N) is 1. The topological polar surface area (TPSA) is 31.2 Å². The Labute approximate surface area is 140 Å². The summed E-state index contributed by atoms with van der Waals surface area (Å²) in [6.07, 6.45) is 0. The molecule has 24 heavy (non-hydrogen) atoms. The minimum atomic E-state index is -0.305. The maximum Gasteiger partial charge on any atom is 0.308 e. The largest absolute Gasteiger partial charge is 0.427 e. The van der Waals surface area contributed by atoms with Gasteiger partial charge in [-0.2, -0.15) is 0 Å². The van der Waals surface area contributed by atoms with Crippen LogP contribution >= 0.6 is 0 Å². The molecule has 0 aliphatic rings. The zero-order valence-electron chi connectivity index (χ0n) is 13.4. The van der Waals surface area contributed by atoms with Crippen molar-refractivity contribution in [3.05, 3.63) is 78.4 Å². The molecule has 0 saturated carbocycles. The minimum Gasteiger partial charge on any atom is -0.427 e. The van der Waals surface area contributed by atoms with Crippen LogP contribution in [0.15, 0.2) is 72.8 Å². The lowest BCUT2D eigenvalue weighted by molar-refractivity contribution is -0.131.